The van der Waals surface area contributed by atoms with Crippen LogP contribution in [0.15, 0.2) is 48.6 Å². The molecule has 2 unspecified atom stereocenters. The molecule has 22 heavy (non-hydrogen) atoms. The second kappa shape index (κ2) is 7.19. The maximum Gasteiger partial charge on any atom is 0.337 e. The average molecular weight is 320 g/mol. The van der Waals surface area contributed by atoms with E-state index in [4.69, 9.17) is 9.05 Å². The lowest BCUT2D eigenvalue weighted by atomic mass is 9.92. The highest BCUT2D eigenvalue weighted by Gasteiger charge is 2.37. The van der Waals surface area contributed by atoms with Crippen LogP contribution in [0.25, 0.3) is 0 Å². The quantitative estimate of drug-likeness (QED) is 0.586. The van der Waals surface area contributed by atoms with Gasteiger partial charge in [0.2, 0.25) is 0 Å². The summed E-state index contributed by atoms with van der Waals surface area (Å²) >= 11 is 0. The number of carbonyl (C=O) groups is 1. The van der Waals surface area contributed by atoms with Gasteiger partial charge in [-0.15, -0.1) is 0 Å². The van der Waals surface area contributed by atoms with Crippen molar-refractivity contribution in [2.75, 3.05) is 14.2 Å². The number of rotatable bonds is 6. The third-order valence-electron chi connectivity index (χ3n) is 3.92. The number of hydrogen-bond donors (Lipinski definition) is 0. The highest BCUT2D eigenvalue weighted by molar-refractivity contribution is 7.54. The van der Waals surface area contributed by atoms with E-state index in [2.05, 4.69) is 0 Å². The molecule has 5 heteroatoms. The van der Waals surface area contributed by atoms with Gasteiger partial charge in [-0.25, -0.2) is 0 Å². The number of ketones is 1. The average Bonchev–Trinajstić information content (AvgIpc) is 2.55. The van der Waals surface area contributed by atoms with Gasteiger partial charge in [-0.1, -0.05) is 48.6 Å². The Hall–Kier alpha value is -1.48. The summed E-state index contributed by atoms with van der Waals surface area (Å²) in [6.45, 7) is 1.55. The minimum atomic E-state index is -3.17. The topological polar surface area (TPSA) is 52.6 Å². The molecular weight excluding hydrogens is 299 g/mol. The van der Waals surface area contributed by atoms with Crippen molar-refractivity contribution in [1.82, 2.24) is 0 Å². The highest BCUT2D eigenvalue weighted by atomic mass is 31.2. The summed E-state index contributed by atoms with van der Waals surface area (Å²) in [7, 11) is -0.343. The molecule has 4 nitrogen and oxygen atoms in total. The number of hydrogen-bond acceptors (Lipinski definition) is 4. The first-order chi connectivity index (χ1) is 10.5. The van der Waals surface area contributed by atoms with E-state index in [1.807, 2.05) is 48.6 Å². The molecule has 1 aromatic carbocycles. The molecular formula is C17H21O4P. The zero-order valence-corrected chi connectivity index (χ0v) is 14.0. The van der Waals surface area contributed by atoms with E-state index in [1.54, 1.807) is 6.92 Å². The summed E-state index contributed by atoms with van der Waals surface area (Å²) in [6, 6.07) is 7.51. The van der Waals surface area contributed by atoms with E-state index in [-0.39, 0.29) is 17.4 Å². The Bertz CT molecular complexity index is 623. The van der Waals surface area contributed by atoms with Crippen molar-refractivity contribution >= 4 is 13.4 Å². The van der Waals surface area contributed by atoms with Gasteiger partial charge in [0.15, 0.2) is 5.78 Å². The molecule has 2 rings (SSSR count). The standard InChI is InChI=1S/C17H21O4P/c1-13(18)15-10-8-14(9-11-15)12-16-6-4-5-7-17(16)22(19,20-2)21-3/h4-11,16-17H,12H2,1-3H3. The molecule has 0 N–H and O–H groups in total. The first kappa shape index (κ1) is 16.9. The lowest BCUT2D eigenvalue weighted by Crippen LogP contribution is -2.22. The summed E-state index contributed by atoms with van der Waals surface area (Å²) in [6.07, 6.45) is 8.42. The van der Waals surface area contributed by atoms with E-state index in [0.717, 1.165) is 5.56 Å². The van der Waals surface area contributed by atoms with Crippen molar-refractivity contribution in [1.29, 1.82) is 0 Å². The Kier molecular flexibility index (Phi) is 5.52. The van der Waals surface area contributed by atoms with Gasteiger partial charge in [0.1, 0.15) is 0 Å². The molecule has 0 spiro atoms. The van der Waals surface area contributed by atoms with Gasteiger partial charge >= 0.3 is 7.60 Å². The van der Waals surface area contributed by atoms with Crippen molar-refractivity contribution in [3.63, 3.8) is 0 Å². The van der Waals surface area contributed by atoms with Crippen LogP contribution in [0.4, 0.5) is 0 Å². The number of carbonyl (C=O) groups excluding carboxylic acids is 1. The van der Waals surface area contributed by atoms with Crippen LogP contribution in [0.3, 0.4) is 0 Å². The normalized spacial score (nSPS) is 21.0. The first-order valence-corrected chi connectivity index (χ1v) is 8.77. The maximum atomic E-state index is 12.7. The molecule has 0 amide bonds. The smallest absolute Gasteiger partial charge is 0.312 e. The van der Waals surface area contributed by atoms with E-state index in [9.17, 15) is 9.36 Å². The third kappa shape index (κ3) is 3.64. The molecule has 0 radical (unpaired) electrons. The molecule has 0 heterocycles. The molecule has 0 saturated heterocycles. The fourth-order valence-corrected chi connectivity index (χ4v) is 4.26. The second-order valence-corrected chi connectivity index (χ2v) is 7.69. The highest BCUT2D eigenvalue weighted by Crippen LogP contribution is 2.56. The Morgan fingerprint density at radius 2 is 1.68 bits per heavy atom. The van der Waals surface area contributed by atoms with Gasteiger partial charge < -0.3 is 9.05 Å². The van der Waals surface area contributed by atoms with E-state index in [1.165, 1.54) is 14.2 Å². The van der Waals surface area contributed by atoms with Crippen LogP contribution >= 0.6 is 7.60 Å². The van der Waals surface area contributed by atoms with Gasteiger partial charge in [0.05, 0.1) is 5.66 Å². The number of Topliss-reactive ketones (excluding diaryl/α,β-unsaturated/α-hetero) is 1. The van der Waals surface area contributed by atoms with Crippen molar-refractivity contribution < 1.29 is 18.4 Å². The van der Waals surface area contributed by atoms with Crippen LogP contribution in [0.5, 0.6) is 0 Å². The molecule has 1 aromatic rings. The van der Waals surface area contributed by atoms with Crippen LogP contribution in [-0.2, 0) is 20.0 Å². The Balaban J connectivity index is 2.19. The molecule has 0 fully saturated rings. The van der Waals surface area contributed by atoms with Crippen LogP contribution in [0.1, 0.15) is 22.8 Å². The van der Waals surface area contributed by atoms with Crippen LogP contribution < -0.4 is 0 Å². The minimum Gasteiger partial charge on any atom is -0.312 e. The fraction of sp³-hybridized carbons (Fsp3) is 0.353. The van der Waals surface area contributed by atoms with Crippen LogP contribution in [-0.4, -0.2) is 25.7 Å². The molecule has 1 aliphatic rings. The summed E-state index contributed by atoms with van der Waals surface area (Å²) in [5, 5.41) is 0. The number of benzene rings is 1. The Morgan fingerprint density at radius 3 is 2.23 bits per heavy atom. The minimum absolute atomic E-state index is 0.0268. The van der Waals surface area contributed by atoms with Crippen molar-refractivity contribution in [3.05, 3.63) is 59.7 Å². The second-order valence-electron chi connectivity index (χ2n) is 5.29. The van der Waals surface area contributed by atoms with Gasteiger partial charge in [-0.3, -0.25) is 9.36 Å². The maximum absolute atomic E-state index is 12.7. The van der Waals surface area contributed by atoms with Gasteiger partial charge in [0.25, 0.3) is 0 Å². The van der Waals surface area contributed by atoms with Gasteiger partial charge in [0, 0.05) is 19.8 Å². The van der Waals surface area contributed by atoms with E-state index >= 15 is 0 Å². The molecule has 0 bridgehead atoms. The predicted molar refractivity (Wildman–Crippen MR) is 87.3 cm³/mol. The molecule has 0 aliphatic heterocycles. The summed E-state index contributed by atoms with van der Waals surface area (Å²) in [5.41, 5.74) is 1.47. The summed E-state index contributed by atoms with van der Waals surface area (Å²) in [4.78, 5) is 11.3. The lowest BCUT2D eigenvalue weighted by molar-refractivity contribution is 0.101. The molecule has 2 atom stereocenters. The molecule has 0 saturated carbocycles. The zero-order valence-electron chi connectivity index (χ0n) is 13.1. The summed E-state index contributed by atoms with van der Waals surface area (Å²) in [5.74, 6) is 0.0760. The van der Waals surface area contributed by atoms with E-state index in [0.29, 0.717) is 12.0 Å². The van der Waals surface area contributed by atoms with Crippen molar-refractivity contribution in [2.45, 2.75) is 19.0 Å². The third-order valence-corrected chi connectivity index (χ3v) is 6.23. The SMILES string of the molecule is COP(=O)(OC)C1C=CC=CC1Cc1ccc(C(C)=O)cc1. The zero-order chi connectivity index (χ0) is 16.2. The Labute approximate surface area is 131 Å². The van der Waals surface area contributed by atoms with Crippen LogP contribution in [0.2, 0.25) is 0 Å². The first-order valence-electron chi connectivity index (χ1n) is 7.16. The van der Waals surface area contributed by atoms with Crippen molar-refractivity contribution in [3.8, 4) is 0 Å². The Morgan fingerprint density at radius 1 is 1.09 bits per heavy atom. The van der Waals surface area contributed by atoms with Crippen LogP contribution in [0, 0.1) is 5.92 Å². The lowest BCUT2D eigenvalue weighted by Gasteiger charge is -2.29. The predicted octanol–water partition coefficient (Wildman–Crippen LogP) is 4.03. The largest absolute Gasteiger partial charge is 0.337 e. The van der Waals surface area contributed by atoms with E-state index < -0.39 is 7.60 Å². The number of allylic oxidation sites excluding steroid dienone is 4. The van der Waals surface area contributed by atoms with Crippen molar-refractivity contribution in [2.24, 2.45) is 5.92 Å². The monoisotopic (exact) mass is 320 g/mol. The van der Waals surface area contributed by atoms with Gasteiger partial charge in [-0.2, -0.15) is 0 Å². The molecule has 0 aromatic heterocycles. The molecule has 1 aliphatic carbocycles. The van der Waals surface area contributed by atoms with Gasteiger partial charge in [-0.05, 0) is 24.8 Å². The summed E-state index contributed by atoms with van der Waals surface area (Å²) < 4.78 is 23.0. The fourth-order valence-electron chi connectivity index (χ4n) is 2.64. The molecule has 118 valence electrons.